The number of nitrogens with zero attached hydrogens (tertiary/aromatic N) is 1. The number of hydrogen-bond donors (Lipinski definition) is 1. The molecule has 3 nitrogen and oxygen atoms in total. The minimum absolute atomic E-state index is 0.118. The van der Waals surface area contributed by atoms with Gasteiger partial charge in [0.25, 0.3) is 0 Å². The van der Waals surface area contributed by atoms with Crippen LogP contribution < -0.4 is 15.4 Å². The second-order valence-corrected chi connectivity index (χ2v) is 6.14. The Kier molecular flexibility index (Phi) is 4.55. The van der Waals surface area contributed by atoms with Gasteiger partial charge in [0.1, 0.15) is 5.75 Å². The van der Waals surface area contributed by atoms with Crippen LogP contribution in [0, 0.1) is 0 Å². The number of benzene rings is 1. The molecule has 0 radical (unpaired) electrons. The van der Waals surface area contributed by atoms with Gasteiger partial charge in [0.15, 0.2) is 0 Å². The van der Waals surface area contributed by atoms with E-state index < -0.39 is 0 Å². The Morgan fingerprint density at radius 1 is 1.15 bits per heavy atom. The molecule has 0 saturated heterocycles. The lowest BCUT2D eigenvalue weighted by atomic mass is 10.1. The van der Waals surface area contributed by atoms with Gasteiger partial charge in [-0.2, -0.15) is 0 Å². The van der Waals surface area contributed by atoms with Crippen LogP contribution in [-0.2, 0) is 0 Å². The predicted molar refractivity (Wildman–Crippen MR) is 87.8 cm³/mol. The molecule has 2 rings (SSSR count). The highest BCUT2D eigenvalue weighted by atomic mass is 32.1. The molecular weight excluding hydrogens is 268 g/mol. The minimum atomic E-state index is 0.118. The molecule has 0 aliphatic heterocycles. The summed E-state index contributed by atoms with van der Waals surface area (Å²) in [6, 6.07) is 10.4. The third kappa shape index (κ3) is 3.07. The average Bonchev–Trinajstić information content (AvgIpc) is 2.93. The lowest BCUT2D eigenvalue weighted by molar-refractivity contribution is 0.244. The van der Waals surface area contributed by atoms with Crippen LogP contribution in [0.15, 0.2) is 35.7 Å². The number of nitrogens with two attached hydrogens (primary N) is 1. The first kappa shape index (κ1) is 14.7. The van der Waals surface area contributed by atoms with Gasteiger partial charge in [0.2, 0.25) is 0 Å². The fraction of sp³-hybridized carbons (Fsp3) is 0.375. The quantitative estimate of drug-likeness (QED) is 0.834. The van der Waals surface area contributed by atoms with Gasteiger partial charge in [0, 0.05) is 11.9 Å². The van der Waals surface area contributed by atoms with Crippen LogP contribution in [0.3, 0.4) is 0 Å². The highest BCUT2D eigenvalue weighted by Crippen LogP contribution is 2.36. The molecule has 0 saturated carbocycles. The summed E-state index contributed by atoms with van der Waals surface area (Å²) in [4.78, 5) is 3.51. The molecule has 2 N–H and O–H groups in total. The molecule has 0 amide bonds. The SMILES string of the molecule is CC(C)Oc1cccc(N(C)C(C)c2cccs2)c1N. The van der Waals surface area contributed by atoms with E-state index in [0.29, 0.717) is 5.69 Å². The maximum absolute atomic E-state index is 6.26. The van der Waals surface area contributed by atoms with Crippen LogP contribution in [-0.4, -0.2) is 13.2 Å². The van der Waals surface area contributed by atoms with E-state index in [1.54, 1.807) is 11.3 Å². The second-order valence-electron chi connectivity index (χ2n) is 5.16. The number of ether oxygens (including phenoxy) is 1. The smallest absolute Gasteiger partial charge is 0.144 e. The fourth-order valence-electron chi connectivity index (χ4n) is 2.13. The van der Waals surface area contributed by atoms with Crippen LogP contribution in [0.1, 0.15) is 31.7 Å². The molecule has 2 aromatic rings. The van der Waals surface area contributed by atoms with Crippen LogP contribution >= 0.6 is 11.3 Å². The number of para-hydroxylation sites is 1. The average molecular weight is 290 g/mol. The Labute approximate surface area is 125 Å². The molecule has 20 heavy (non-hydrogen) atoms. The zero-order valence-corrected chi connectivity index (χ0v) is 13.3. The molecule has 1 aromatic carbocycles. The van der Waals surface area contributed by atoms with Crippen molar-refractivity contribution in [1.29, 1.82) is 0 Å². The van der Waals surface area contributed by atoms with Crippen molar-refractivity contribution < 1.29 is 4.74 Å². The zero-order chi connectivity index (χ0) is 14.7. The molecule has 0 aliphatic carbocycles. The standard InChI is InChI=1S/C16H22N2OS/c1-11(2)19-14-8-5-7-13(16(14)17)18(4)12(3)15-9-6-10-20-15/h5-12H,17H2,1-4H3. The first-order chi connectivity index (χ1) is 9.50. The Bertz CT molecular complexity index is 552. The van der Waals surface area contributed by atoms with Crippen molar-refractivity contribution >= 4 is 22.7 Å². The number of hydrogen-bond acceptors (Lipinski definition) is 4. The molecule has 0 aliphatic rings. The first-order valence-corrected chi connectivity index (χ1v) is 7.70. The van der Waals surface area contributed by atoms with Crippen molar-refractivity contribution in [1.82, 2.24) is 0 Å². The number of anilines is 2. The van der Waals surface area contributed by atoms with E-state index in [1.165, 1.54) is 4.88 Å². The molecule has 0 bridgehead atoms. The third-order valence-corrected chi connectivity index (χ3v) is 4.36. The monoisotopic (exact) mass is 290 g/mol. The number of rotatable bonds is 5. The van der Waals surface area contributed by atoms with Crippen molar-refractivity contribution in [3.8, 4) is 5.75 Å². The van der Waals surface area contributed by atoms with Crippen molar-refractivity contribution in [2.75, 3.05) is 17.7 Å². The molecule has 1 heterocycles. The van der Waals surface area contributed by atoms with Crippen LogP contribution in [0.4, 0.5) is 11.4 Å². The van der Waals surface area contributed by atoms with Crippen LogP contribution in [0.5, 0.6) is 5.75 Å². The number of nitrogen functional groups attached to an aromatic ring is 1. The molecule has 1 atom stereocenters. The summed E-state index contributed by atoms with van der Waals surface area (Å²) in [5, 5.41) is 2.10. The maximum Gasteiger partial charge on any atom is 0.144 e. The van der Waals surface area contributed by atoms with E-state index in [2.05, 4.69) is 36.4 Å². The summed E-state index contributed by atoms with van der Waals surface area (Å²) < 4.78 is 5.76. The summed E-state index contributed by atoms with van der Waals surface area (Å²) >= 11 is 1.76. The Morgan fingerprint density at radius 2 is 1.90 bits per heavy atom. The van der Waals surface area contributed by atoms with E-state index in [4.69, 9.17) is 10.5 Å². The van der Waals surface area contributed by atoms with Crippen LogP contribution in [0.25, 0.3) is 0 Å². The Balaban J connectivity index is 2.28. The van der Waals surface area contributed by atoms with Gasteiger partial charge in [0.05, 0.1) is 23.5 Å². The van der Waals surface area contributed by atoms with Crippen molar-refractivity contribution in [2.24, 2.45) is 0 Å². The highest BCUT2D eigenvalue weighted by Gasteiger charge is 2.17. The topological polar surface area (TPSA) is 38.5 Å². The first-order valence-electron chi connectivity index (χ1n) is 6.82. The molecule has 1 aromatic heterocycles. The minimum Gasteiger partial charge on any atom is -0.489 e. The second kappa shape index (κ2) is 6.18. The Morgan fingerprint density at radius 3 is 2.50 bits per heavy atom. The zero-order valence-electron chi connectivity index (χ0n) is 12.5. The van der Waals surface area contributed by atoms with E-state index in [0.717, 1.165) is 11.4 Å². The third-order valence-electron chi connectivity index (χ3n) is 3.32. The summed E-state index contributed by atoms with van der Waals surface area (Å²) in [6.45, 7) is 6.19. The lowest BCUT2D eigenvalue weighted by Gasteiger charge is -2.28. The summed E-state index contributed by atoms with van der Waals surface area (Å²) in [6.07, 6.45) is 0.118. The van der Waals surface area contributed by atoms with E-state index in [1.807, 2.05) is 32.0 Å². The van der Waals surface area contributed by atoms with Gasteiger partial charge < -0.3 is 15.4 Å². The molecule has 4 heteroatoms. The van der Waals surface area contributed by atoms with Gasteiger partial charge in [-0.25, -0.2) is 0 Å². The molecule has 108 valence electrons. The largest absolute Gasteiger partial charge is 0.489 e. The van der Waals surface area contributed by atoms with E-state index in [9.17, 15) is 0 Å². The summed E-state index contributed by atoms with van der Waals surface area (Å²) in [7, 11) is 2.06. The molecular formula is C16H22N2OS. The van der Waals surface area contributed by atoms with Crippen molar-refractivity contribution in [3.05, 3.63) is 40.6 Å². The maximum atomic E-state index is 6.26. The summed E-state index contributed by atoms with van der Waals surface area (Å²) in [5.74, 6) is 0.753. The normalized spacial score (nSPS) is 12.4. The molecule has 0 spiro atoms. The lowest BCUT2D eigenvalue weighted by Crippen LogP contribution is -2.22. The number of thiophene rings is 1. The molecule has 1 unspecified atom stereocenters. The van der Waals surface area contributed by atoms with E-state index in [-0.39, 0.29) is 12.1 Å². The van der Waals surface area contributed by atoms with Gasteiger partial charge in [-0.15, -0.1) is 11.3 Å². The van der Waals surface area contributed by atoms with Gasteiger partial charge >= 0.3 is 0 Å². The van der Waals surface area contributed by atoms with Crippen LogP contribution in [0.2, 0.25) is 0 Å². The fourth-order valence-corrected chi connectivity index (χ4v) is 2.95. The summed E-state index contributed by atoms with van der Waals surface area (Å²) in [5.41, 5.74) is 7.97. The Hall–Kier alpha value is -1.68. The predicted octanol–water partition coefficient (Wildman–Crippen LogP) is 4.31. The van der Waals surface area contributed by atoms with E-state index >= 15 is 0 Å². The van der Waals surface area contributed by atoms with Gasteiger partial charge in [-0.1, -0.05) is 12.1 Å². The van der Waals surface area contributed by atoms with Crippen molar-refractivity contribution in [2.45, 2.75) is 32.9 Å². The van der Waals surface area contributed by atoms with Crippen molar-refractivity contribution in [3.63, 3.8) is 0 Å². The van der Waals surface area contributed by atoms with Gasteiger partial charge in [-0.3, -0.25) is 0 Å². The van der Waals surface area contributed by atoms with Gasteiger partial charge in [-0.05, 0) is 44.4 Å². The molecule has 0 fully saturated rings. The highest BCUT2D eigenvalue weighted by molar-refractivity contribution is 7.10.